The van der Waals surface area contributed by atoms with Crippen molar-refractivity contribution >= 4 is 18.7 Å². The molecule has 2 nitrogen and oxygen atoms in total. The van der Waals surface area contributed by atoms with Gasteiger partial charge < -0.3 is 4.90 Å². The van der Waals surface area contributed by atoms with E-state index in [0.29, 0.717) is 0 Å². The number of piperazine rings is 1. The summed E-state index contributed by atoms with van der Waals surface area (Å²) >= 11 is 2.05. The molecule has 0 radical (unpaired) electrons. The summed E-state index contributed by atoms with van der Waals surface area (Å²) < 4.78 is 2.51. The molecule has 0 atom stereocenters. The van der Waals surface area contributed by atoms with Gasteiger partial charge in [0.05, 0.1) is 0 Å². The van der Waals surface area contributed by atoms with Gasteiger partial charge in [0.1, 0.15) is 0 Å². The maximum atomic E-state index is 2.51. The average molecular weight is 192 g/mol. The molecule has 1 aliphatic heterocycles. The Morgan fingerprint density at radius 3 is 2.09 bits per heavy atom. The molecule has 0 aliphatic carbocycles. The van der Waals surface area contributed by atoms with Crippen molar-refractivity contribution in [2.75, 3.05) is 46.6 Å². The van der Waals surface area contributed by atoms with Crippen molar-refractivity contribution < 1.29 is 0 Å². The third-order valence-corrected chi connectivity index (χ3v) is 4.34. The van der Waals surface area contributed by atoms with E-state index < -0.39 is 0 Å². The van der Waals surface area contributed by atoms with E-state index in [1.165, 1.54) is 26.2 Å². The van der Waals surface area contributed by atoms with Crippen LogP contribution in [0.3, 0.4) is 0 Å². The zero-order chi connectivity index (χ0) is 8.27. The normalized spacial score (nSPS) is 22.9. The van der Waals surface area contributed by atoms with Gasteiger partial charge in [0.2, 0.25) is 0 Å². The van der Waals surface area contributed by atoms with Gasteiger partial charge in [0.15, 0.2) is 0 Å². The molecule has 0 aromatic heterocycles. The lowest BCUT2D eigenvalue weighted by molar-refractivity contribution is 0.234. The number of rotatable bonds is 2. The molecule has 11 heavy (non-hydrogen) atoms. The Hall–Kier alpha value is 0.700. The molecule has 66 valence electrons. The molecule has 4 heteroatoms. The summed E-state index contributed by atoms with van der Waals surface area (Å²) in [5.74, 6) is 0. The molecule has 0 unspecified atom stereocenters. The van der Waals surface area contributed by atoms with E-state index >= 15 is 0 Å². The van der Waals surface area contributed by atoms with Gasteiger partial charge in [-0.3, -0.25) is 0 Å². The lowest BCUT2D eigenvalue weighted by atomic mass is 10.4. The minimum atomic E-state index is 0.186. The Bertz CT molecular complexity index is 113. The first-order chi connectivity index (χ1) is 5.18. The Morgan fingerprint density at radius 1 is 1.09 bits per heavy atom. The molecule has 1 saturated heterocycles. The SMILES string of the molecule is CN1CCN(SP(C)C)CC1. The molecular formula is C7H17N2PS. The summed E-state index contributed by atoms with van der Waals surface area (Å²) in [6.07, 6.45) is 0. The quantitative estimate of drug-likeness (QED) is 0.484. The van der Waals surface area contributed by atoms with Crippen molar-refractivity contribution in [3.8, 4) is 0 Å². The van der Waals surface area contributed by atoms with Crippen molar-refractivity contribution in [3.63, 3.8) is 0 Å². The maximum absolute atomic E-state index is 2.51. The van der Waals surface area contributed by atoms with Crippen LogP contribution >= 0.6 is 18.7 Å². The van der Waals surface area contributed by atoms with E-state index in [2.05, 4.69) is 29.6 Å². The van der Waals surface area contributed by atoms with Crippen LogP contribution in [-0.2, 0) is 0 Å². The van der Waals surface area contributed by atoms with Gasteiger partial charge in [-0.1, -0.05) is 11.6 Å². The zero-order valence-electron chi connectivity index (χ0n) is 7.58. The second-order valence-corrected chi connectivity index (χ2v) is 8.11. The van der Waals surface area contributed by atoms with Crippen LogP contribution in [0.25, 0.3) is 0 Å². The first-order valence-corrected chi connectivity index (χ1v) is 7.59. The number of nitrogens with zero attached hydrogens (tertiary/aromatic N) is 2. The highest BCUT2D eigenvalue weighted by atomic mass is 32.7. The lowest BCUT2D eigenvalue weighted by Crippen LogP contribution is -2.40. The number of hydrogen-bond donors (Lipinski definition) is 0. The predicted octanol–water partition coefficient (Wildman–Crippen LogP) is 1.54. The summed E-state index contributed by atoms with van der Waals surface area (Å²) in [5.41, 5.74) is 0. The van der Waals surface area contributed by atoms with Crippen LogP contribution in [0.15, 0.2) is 0 Å². The summed E-state index contributed by atoms with van der Waals surface area (Å²) in [7, 11) is 2.38. The summed E-state index contributed by atoms with van der Waals surface area (Å²) in [6, 6.07) is 0. The highest BCUT2D eigenvalue weighted by molar-refractivity contribution is 8.54. The van der Waals surface area contributed by atoms with Crippen molar-refractivity contribution in [2.45, 2.75) is 0 Å². The molecule has 0 aromatic carbocycles. The van der Waals surface area contributed by atoms with Crippen LogP contribution in [0.5, 0.6) is 0 Å². The van der Waals surface area contributed by atoms with Crippen LogP contribution in [-0.4, -0.2) is 55.8 Å². The van der Waals surface area contributed by atoms with Crippen molar-refractivity contribution in [3.05, 3.63) is 0 Å². The number of hydrogen-bond acceptors (Lipinski definition) is 3. The Labute approximate surface area is 74.9 Å². The smallest absolute Gasteiger partial charge is 0.0221 e. The van der Waals surface area contributed by atoms with Gasteiger partial charge in [-0.2, -0.15) is 0 Å². The third-order valence-electron chi connectivity index (χ3n) is 1.74. The van der Waals surface area contributed by atoms with Crippen LogP contribution in [0.4, 0.5) is 0 Å². The van der Waals surface area contributed by atoms with E-state index in [1.54, 1.807) is 0 Å². The standard InChI is InChI=1S/C7H17N2PS/c1-8-4-6-9(7-5-8)11-10(2)3/h4-7H2,1-3H3. The fraction of sp³-hybridized carbons (Fsp3) is 1.00. The van der Waals surface area contributed by atoms with Crippen molar-refractivity contribution in [1.29, 1.82) is 0 Å². The Kier molecular flexibility index (Phi) is 4.14. The topological polar surface area (TPSA) is 6.48 Å². The molecule has 1 aliphatic rings. The first kappa shape index (κ1) is 9.79. The van der Waals surface area contributed by atoms with Gasteiger partial charge in [0.25, 0.3) is 0 Å². The second-order valence-electron chi connectivity index (χ2n) is 3.13. The van der Waals surface area contributed by atoms with Crippen LogP contribution in [0.2, 0.25) is 0 Å². The summed E-state index contributed by atoms with van der Waals surface area (Å²) in [5, 5.41) is 0. The minimum absolute atomic E-state index is 0.186. The molecule has 1 fully saturated rings. The van der Waals surface area contributed by atoms with E-state index in [1.807, 2.05) is 11.6 Å². The van der Waals surface area contributed by atoms with Crippen molar-refractivity contribution in [2.24, 2.45) is 0 Å². The van der Waals surface area contributed by atoms with Gasteiger partial charge in [0, 0.05) is 26.2 Å². The van der Waals surface area contributed by atoms with Crippen LogP contribution < -0.4 is 0 Å². The first-order valence-electron chi connectivity index (χ1n) is 3.97. The highest BCUT2D eigenvalue weighted by Gasteiger charge is 2.14. The van der Waals surface area contributed by atoms with E-state index in [0.717, 1.165) is 0 Å². The number of likely N-dealkylation sites (N-methyl/N-ethyl adjacent to an activating group) is 1. The molecule has 0 saturated carbocycles. The molecule has 1 rings (SSSR count). The molecule has 1 heterocycles. The second kappa shape index (κ2) is 4.66. The predicted molar refractivity (Wildman–Crippen MR) is 55.4 cm³/mol. The molecule has 0 amide bonds. The molecule has 0 aromatic rings. The maximum Gasteiger partial charge on any atom is 0.0221 e. The van der Waals surface area contributed by atoms with E-state index in [-0.39, 0.29) is 7.12 Å². The largest absolute Gasteiger partial charge is 0.304 e. The fourth-order valence-corrected chi connectivity index (χ4v) is 3.76. The molecular weight excluding hydrogens is 175 g/mol. The molecule has 0 spiro atoms. The zero-order valence-corrected chi connectivity index (χ0v) is 9.29. The highest BCUT2D eigenvalue weighted by Crippen LogP contribution is 2.44. The van der Waals surface area contributed by atoms with Crippen LogP contribution in [0.1, 0.15) is 0 Å². The summed E-state index contributed by atoms with van der Waals surface area (Å²) in [6.45, 7) is 9.58. The Morgan fingerprint density at radius 2 is 1.64 bits per heavy atom. The van der Waals surface area contributed by atoms with E-state index in [4.69, 9.17) is 0 Å². The average Bonchev–Trinajstić information content (AvgIpc) is 1.93. The monoisotopic (exact) mass is 192 g/mol. The van der Waals surface area contributed by atoms with Crippen molar-refractivity contribution in [1.82, 2.24) is 9.21 Å². The van der Waals surface area contributed by atoms with Gasteiger partial charge in [-0.15, -0.1) is 0 Å². The van der Waals surface area contributed by atoms with Crippen LogP contribution in [0, 0.1) is 0 Å². The third kappa shape index (κ3) is 3.75. The summed E-state index contributed by atoms with van der Waals surface area (Å²) in [4.78, 5) is 2.39. The Balaban J connectivity index is 2.17. The minimum Gasteiger partial charge on any atom is -0.304 e. The molecule has 0 N–H and O–H groups in total. The fourth-order valence-electron chi connectivity index (χ4n) is 1.10. The lowest BCUT2D eigenvalue weighted by Gasteiger charge is -2.32. The van der Waals surface area contributed by atoms with E-state index in [9.17, 15) is 0 Å². The van der Waals surface area contributed by atoms with Gasteiger partial charge >= 0.3 is 0 Å². The van der Waals surface area contributed by atoms with Gasteiger partial charge in [-0.05, 0) is 27.5 Å². The molecule has 0 bridgehead atoms. The van der Waals surface area contributed by atoms with Gasteiger partial charge in [-0.25, -0.2) is 4.31 Å².